The second-order valence-electron chi connectivity index (χ2n) is 3.86. The first kappa shape index (κ1) is 12.4. The highest BCUT2D eigenvalue weighted by atomic mass is 35.5. The normalized spacial score (nSPS) is 10.8. The minimum atomic E-state index is -1.12. The maximum absolute atomic E-state index is 11.6. The Bertz CT molecular complexity index is 702. The van der Waals surface area contributed by atoms with Gasteiger partial charge in [0.15, 0.2) is 0 Å². The Hall–Kier alpha value is -2.01. The van der Waals surface area contributed by atoms with Crippen LogP contribution in [-0.4, -0.2) is 16.2 Å². The first-order valence-corrected chi connectivity index (χ1v) is 5.44. The summed E-state index contributed by atoms with van der Waals surface area (Å²) in [6.45, 7) is 1.62. The SMILES string of the molecule is Cc1c(CC(=O)O)c(=O)oc2cc(O)c(Cl)cc12. The molecule has 5 nitrogen and oxygen atoms in total. The van der Waals surface area contributed by atoms with E-state index in [1.54, 1.807) is 6.92 Å². The van der Waals surface area contributed by atoms with E-state index in [1.165, 1.54) is 12.1 Å². The van der Waals surface area contributed by atoms with Crippen molar-refractivity contribution in [2.45, 2.75) is 13.3 Å². The summed E-state index contributed by atoms with van der Waals surface area (Å²) >= 11 is 5.77. The zero-order chi connectivity index (χ0) is 13.4. The molecule has 0 atom stereocenters. The molecule has 0 saturated carbocycles. The maximum atomic E-state index is 11.6. The molecule has 0 aliphatic heterocycles. The zero-order valence-electron chi connectivity index (χ0n) is 9.36. The monoisotopic (exact) mass is 268 g/mol. The van der Waals surface area contributed by atoms with E-state index in [9.17, 15) is 14.7 Å². The number of benzene rings is 1. The van der Waals surface area contributed by atoms with Gasteiger partial charge in [-0.05, 0) is 18.6 Å². The second-order valence-corrected chi connectivity index (χ2v) is 4.27. The minimum absolute atomic E-state index is 0.0803. The van der Waals surface area contributed by atoms with Gasteiger partial charge in [-0.25, -0.2) is 4.79 Å². The molecule has 94 valence electrons. The van der Waals surface area contributed by atoms with Gasteiger partial charge in [-0.3, -0.25) is 4.79 Å². The van der Waals surface area contributed by atoms with Gasteiger partial charge in [0.1, 0.15) is 11.3 Å². The molecule has 6 heteroatoms. The fourth-order valence-corrected chi connectivity index (χ4v) is 1.92. The Kier molecular flexibility index (Phi) is 3.00. The number of hydrogen-bond acceptors (Lipinski definition) is 4. The number of phenols is 1. The highest BCUT2D eigenvalue weighted by Gasteiger charge is 2.15. The van der Waals surface area contributed by atoms with Crippen molar-refractivity contribution in [3.8, 4) is 5.75 Å². The number of aromatic hydroxyl groups is 1. The lowest BCUT2D eigenvalue weighted by Crippen LogP contribution is -2.14. The van der Waals surface area contributed by atoms with Crippen molar-refractivity contribution in [3.63, 3.8) is 0 Å². The number of rotatable bonds is 2. The van der Waals surface area contributed by atoms with Crippen molar-refractivity contribution in [3.05, 3.63) is 38.7 Å². The van der Waals surface area contributed by atoms with E-state index in [0.29, 0.717) is 10.9 Å². The average molecular weight is 269 g/mol. The zero-order valence-corrected chi connectivity index (χ0v) is 10.1. The molecule has 0 aliphatic rings. The van der Waals surface area contributed by atoms with Gasteiger partial charge in [-0.2, -0.15) is 0 Å². The molecule has 0 amide bonds. The molecule has 18 heavy (non-hydrogen) atoms. The van der Waals surface area contributed by atoms with Crippen LogP contribution in [0.15, 0.2) is 21.3 Å². The van der Waals surface area contributed by atoms with Crippen molar-refractivity contribution >= 4 is 28.5 Å². The molecule has 0 fully saturated rings. The van der Waals surface area contributed by atoms with Gasteiger partial charge in [0.05, 0.1) is 17.0 Å². The van der Waals surface area contributed by atoms with Crippen molar-refractivity contribution in [1.29, 1.82) is 0 Å². The van der Waals surface area contributed by atoms with Crippen LogP contribution in [0, 0.1) is 6.92 Å². The van der Waals surface area contributed by atoms with Crippen LogP contribution in [-0.2, 0) is 11.2 Å². The fraction of sp³-hybridized carbons (Fsp3) is 0.167. The number of carboxylic acids is 1. The molecule has 1 aromatic heterocycles. The average Bonchev–Trinajstić information content (AvgIpc) is 2.27. The van der Waals surface area contributed by atoms with Gasteiger partial charge in [0, 0.05) is 11.5 Å². The summed E-state index contributed by atoms with van der Waals surface area (Å²) < 4.78 is 4.97. The minimum Gasteiger partial charge on any atom is -0.506 e. The van der Waals surface area contributed by atoms with Crippen LogP contribution in [0.1, 0.15) is 11.1 Å². The number of aliphatic carboxylic acids is 1. The van der Waals surface area contributed by atoms with Gasteiger partial charge < -0.3 is 14.6 Å². The number of fused-ring (bicyclic) bond motifs is 1. The molecule has 0 bridgehead atoms. The van der Waals surface area contributed by atoms with E-state index in [4.69, 9.17) is 21.1 Å². The summed E-state index contributed by atoms with van der Waals surface area (Å²) in [7, 11) is 0. The molecule has 0 saturated heterocycles. The van der Waals surface area contributed by atoms with Crippen molar-refractivity contribution in [2.24, 2.45) is 0 Å². The van der Waals surface area contributed by atoms with Crippen molar-refractivity contribution < 1.29 is 19.4 Å². The van der Waals surface area contributed by atoms with E-state index in [-0.39, 0.29) is 21.9 Å². The van der Waals surface area contributed by atoms with E-state index >= 15 is 0 Å². The first-order chi connectivity index (χ1) is 8.40. The third kappa shape index (κ3) is 2.04. The van der Waals surface area contributed by atoms with Gasteiger partial charge in [0.2, 0.25) is 0 Å². The first-order valence-electron chi connectivity index (χ1n) is 5.06. The summed E-state index contributed by atoms with van der Waals surface area (Å²) in [5, 5.41) is 18.8. The van der Waals surface area contributed by atoms with Crippen LogP contribution >= 0.6 is 11.6 Å². The van der Waals surface area contributed by atoms with Crippen LogP contribution in [0.25, 0.3) is 11.0 Å². The van der Waals surface area contributed by atoms with Crippen LogP contribution in [0.2, 0.25) is 5.02 Å². The van der Waals surface area contributed by atoms with Gasteiger partial charge in [0.25, 0.3) is 0 Å². The molecule has 2 aromatic rings. The lowest BCUT2D eigenvalue weighted by Gasteiger charge is -2.07. The summed E-state index contributed by atoms with van der Waals surface area (Å²) in [6, 6.07) is 2.67. The summed E-state index contributed by atoms with van der Waals surface area (Å²) in [5.74, 6) is -1.31. The summed E-state index contributed by atoms with van der Waals surface area (Å²) in [5.41, 5.74) is 0.0277. The highest BCUT2D eigenvalue weighted by Crippen LogP contribution is 2.30. The van der Waals surface area contributed by atoms with Gasteiger partial charge >= 0.3 is 11.6 Å². The number of aryl methyl sites for hydroxylation is 1. The molecule has 0 radical (unpaired) electrons. The molecule has 0 spiro atoms. The number of phenolic OH excluding ortho intramolecular Hbond substituents is 1. The molecule has 1 heterocycles. The molecular formula is C12H9ClO5. The summed E-state index contributed by atoms with van der Waals surface area (Å²) in [4.78, 5) is 22.3. The lowest BCUT2D eigenvalue weighted by atomic mass is 10.0. The number of carbonyl (C=O) groups is 1. The van der Waals surface area contributed by atoms with Gasteiger partial charge in [-0.15, -0.1) is 0 Å². The predicted octanol–water partition coefficient (Wildman–Crippen LogP) is 2.09. The predicted molar refractivity (Wildman–Crippen MR) is 65.2 cm³/mol. The molecule has 0 unspecified atom stereocenters. The smallest absolute Gasteiger partial charge is 0.340 e. The summed E-state index contributed by atoms with van der Waals surface area (Å²) in [6.07, 6.45) is -0.414. The third-order valence-corrected chi connectivity index (χ3v) is 2.99. The van der Waals surface area contributed by atoms with E-state index in [2.05, 4.69) is 0 Å². The number of halogens is 1. The van der Waals surface area contributed by atoms with Crippen LogP contribution in [0.4, 0.5) is 0 Å². The van der Waals surface area contributed by atoms with E-state index < -0.39 is 18.0 Å². The highest BCUT2D eigenvalue weighted by molar-refractivity contribution is 6.32. The quantitative estimate of drug-likeness (QED) is 0.814. The molecule has 2 N–H and O–H groups in total. The van der Waals surface area contributed by atoms with E-state index in [0.717, 1.165) is 0 Å². The largest absolute Gasteiger partial charge is 0.506 e. The molecular weight excluding hydrogens is 260 g/mol. The van der Waals surface area contributed by atoms with Crippen LogP contribution in [0.5, 0.6) is 5.75 Å². The van der Waals surface area contributed by atoms with Crippen LogP contribution in [0.3, 0.4) is 0 Å². The molecule has 1 aromatic carbocycles. The lowest BCUT2D eigenvalue weighted by molar-refractivity contribution is -0.136. The Morgan fingerprint density at radius 1 is 1.44 bits per heavy atom. The standard InChI is InChI=1S/C12H9ClO5/c1-5-6-2-8(13)9(14)4-10(6)18-12(17)7(5)3-11(15)16/h2,4,14H,3H2,1H3,(H,15,16). The number of hydrogen-bond donors (Lipinski definition) is 2. The maximum Gasteiger partial charge on any atom is 0.340 e. The molecule has 0 aliphatic carbocycles. The Labute approximate surface area is 106 Å². The number of carboxylic acid groups (broad SMARTS) is 1. The second kappa shape index (κ2) is 4.34. The van der Waals surface area contributed by atoms with Crippen molar-refractivity contribution in [1.82, 2.24) is 0 Å². The molecule has 2 rings (SSSR count). The Morgan fingerprint density at radius 3 is 2.72 bits per heavy atom. The van der Waals surface area contributed by atoms with Crippen molar-refractivity contribution in [2.75, 3.05) is 0 Å². The fourth-order valence-electron chi connectivity index (χ4n) is 1.75. The van der Waals surface area contributed by atoms with Gasteiger partial charge in [-0.1, -0.05) is 11.6 Å². The Morgan fingerprint density at radius 2 is 2.11 bits per heavy atom. The topological polar surface area (TPSA) is 87.7 Å². The van der Waals surface area contributed by atoms with Crippen LogP contribution < -0.4 is 5.63 Å². The van der Waals surface area contributed by atoms with E-state index in [1.807, 2.05) is 0 Å². The third-order valence-electron chi connectivity index (χ3n) is 2.68. The Balaban J connectivity index is 2.80.